The number of sulfonamides is 1. The fraction of sp³-hybridized carbons (Fsp3) is 0.0667. The third-order valence-corrected chi connectivity index (χ3v) is 4.69. The lowest BCUT2D eigenvalue weighted by atomic mass is 10.2. The number of hydrogen-bond acceptors (Lipinski definition) is 4. The molecule has 11 heteroatoms. The number of amides is 1. The first-order valence-electron chi connectivity index (χ1n) is 6.95. The van der Waals surface area contributed by atoms with Gasteiger partial charge in [0.15, 0.2) is 11.5 Å². The summed E-state index contributed by atoms with van der Waals surface area (Å²) in [5, 5.41) is 0. The minimum Gasteiger partial charge on any atom is -0.303 e. The number of fused-ring (bicyclic) bond motifs is 1. The Labute approximate surface area is 144 Å². The van der Waals surface area contributed by atoms with Gasteiger partial charge in [-0.2, -0.15) is 13.2 Å². The summed E-state index contributed by atoms with van der Waals surface area (Å²) in [5.74, 6) is -2.50. The number of imidazole rings is 1. The fourth-order valence-corrected chi connectivity index (χ4v) is 3.14. The van der Waals surface area contributed by atoms with Gasteiger partial charge in [-0.15, -0.1) is 0 Å². The van der Waals surface area contributed by atoms with Crippen molar-refractivity contribution in [3.8, 4) is 0 Å². The molecule has 0 saturated carbocycles. The van der Waals surface area contributed by atoms with Crippen molar-refractivity contribution in [3.05, 3.63) is 65.9 Å². The molecule has 1 amide bonds. The lowest BCUT2D eigenvalue weighted by Gasteiger charge is -2.06. The van der Waals surface area contributed by atoms with Gasteiger partial charge in [0.1, 0.15) is 5.69 Å². The van der Waals surface area contributed by atoms with Gasteiger partial charge < -0.3 is 4.40 Å². The maximum absolute atomic E-state index is 13.8. The second-order valence-corrected chi connectivity index (χ2v) is 6.86. The number of nitrogens with zero attached hydrogens (tertiary/aromatic N) is 2. The quantitative estimate of drug-likeness (QED) is 0.701. The first-order valence-corrected chi connectivity index (χ1v) is 8.44. The number of nitrogens with one attached hydrogen (secondary N) is 1. The van der Waals surface area contributed by atoms with Crippen LogP contribution in [0.4, 0.5) is 17.6 Å². The Bertz CT molecular complexity index is 1090. The minimum absolute atomic E-state index is 0.192. The summed E-state index contributed by atoms with van der Waals surface area (Å²) in [6.07, 6.45) is -3.43. The third-order valence-electron chi connectivity index (χ3n) is 3.35. The van der Waals surface area contributed by atoms with Gasteiger partial charge in [0.25, 0.3) is 15.9 Å². The van der Waals surface area contributed by atoms with Crippen molar-refractivity contribution in [1.82, 2.24) is 14.1 Å². The van der Waals surface area contributed by atoms with Gasteiger partial charge in [-0.05, 0) is 18.2 Å². The highest BCUT2D eigenvalue weighted by atomic mass is 32.2. The number of benzene rings is 1. The Morgan fingerprint density at radius 1 is 1.12 bits per heavy atom. The van der Waals surface area contributed by atoms with Crippen LogP contribution < -0.4 is 4.72 Å². The summed E-state index contributed by atoms with van der Waals surface area (Å²) in [5.41, 5.74) is -2.37. The van der Waals surface area contributed by atoms with E-state index in [-0.39, 0.29) is 11.0 Å². The van der Waals surface area contributed by atoms with E-state index in [2.05, 4.69) is 4.98 Å². The Balaban J connectivity index is 1.96. The summed E-state index contributed by atoms with van der Waals surface area (Å²) in [4.78, 5) is 15.5. The van der Waals surface area contributed by atoms with E-state index in [9.17, 15) is 30.8 Å². The predicted octanol–water partition coefficient (Wildman–Crippen LogP) is 2.61. The average molecular weight is 387 g/mol. The van der Waals surface area contributed by atoms with E-state index >= 15 is 0 Å². The number of aromatic nitrogens is 2. The molecular weight excluding hydrogens is 378 g/mol. The molecule has 0 aliphatic carbocycles. The second kappa shape index (κ2) is 6.09. The summed E-state index contributed by atoms with van der Waals surface area (Å²) < 4.78 is 78.5. The molecule has 0 spiro atoms. The molecule has 0 aliphatic rings. The zero-order chi connectivity index (χ0) is 19.1. The normalized spacial score (nSPS) is 12.3. The Kier molecular flexibility index (Phi) is 4.18. The zero-order valence-corrected chi connectivity index (χ0v) is 13.5. The monoisotopic (exact) mass is 387 g/mol. The smallest absolute Gasteiger partial charge is 0.303 e. The number of halogens is 4. The molecule has 3 aromatic rings. The van der Waals surface area contributed by atoms with E-state index in [1.165, 1.54) is 24.3 Å². The molecule has 3 rings (SSSR count). The first-order chi connectivity index (χ1) is 12.1. The van der Waals surface area contributed by atoms with Gasteiger partial charge in [0.05, 0.1) is 10.5 Å². The molecule has 2 aromatic heterocycles. The molecule has 6 nitrogen and oxygen atoms in total. The highest BCUT2D eigenvalue weighted by Crippen LogP contribution is 2.30. The van der Waals surface area contributed by atoms with Crippen molar-refractivity contribution < 1.29 is 30.8 Å². The first kappa shape index (κ1) is 17.9. The summed E-state index contributed by atoms with van der Waals surface area (Å²) in [6.45, 7) is 0. The van der Waals surface area contributed by atoms with Gasteiger partial charge in [-0.1, -0.05) is 18.2 Å². The zero-order valence-electron chi connectivity index (χ0n) is 12.7. The van der Waals surface area contributed by atoms with E-state index in [0.717, 1.165) is 6.20 Å². The SMILES string of the molecule is O=C(NS(=O)(=O)c1ccccc1)c1cn2cc(C(F)(F)F)cc(F)c2n1. The highest BCUT2D eigenvalue weighted by Gasteiger charge is 2.32. The number of rotatable bonds is 3. The topological polar surface area (TPSA) is 80.5 Å². The van der Waals surface area contributed by atoms with Crippen LogP contribution in [0.5, 0.6) is 0 Å². The molecule has 2 heterocycles. The van der Waals surface area contributed by atoms with Crippen LogP contribution in [-0.4, -0.2) is 23.7 Å². The van der Waals surface area contributed by atoms with Crippen molar-refractivity contribution in [2.45, 2.75) is 11.1 Å². The molecule has 26 heavy (non-hydrogen) atoms. The molecular formula is C15H9F4N3O3S. The van der Waals surface area contributed by atoms with Gasteiger partial charge in [0.2, 0.25) is 0 Å². The Hall–Kier alpha value is -2.95. The lowest BCUT2D eigenvalue weighted by molar-refractivity contribution is -0.138. The predicted molar refractivity (Wildman–Crippen MR) is 81.2 cm³/mol. The summed E-state index contributed by atoms with van der Waals surface area (Å²) in [7, 11) is -4.21. The average Bonchev–Trinajstić information content (AvgIpc) is 2.99. The van der Waals surface area contributed by atoms with E-state index in [1.54, 1.807) is 10.8 Å². The van der Waals surface area contributed by atoms with Crippen LogP contribution in [-0.2, 0) is 16.2 Å². The Morgan fingerprint density at radius 2 is 1.77 bits per heavy atom. The summed E-state index contributed by atoms with van der Waals surface area (Å²) in [6, 6.07) is 7.19. The van der Waals surface area contributed by atoms with Crippen LogP contribution in [0.2, 0.25) is 0 Å². The van der Waals surface area contributed by atoms with Crippen LogP contribution in [0.3, 0.4) is 0 Å². The van der Waals surface area contributed by atoms with Gasteiger partial charge >= 0.3 is 6.18 Å². The van der Waals surface area contributed by atoms with Crippen molar-refractivity contribution in [1.29, 1.82) is 0 Å². The highest BCUT2D eigenvalue weighted by molar-refractivity contribution is 7.90. The molecule has 0 aliphatic heterocycles. The van der Waals surface area contributed by atoms with E-state index < -0.39 is 44.8 Å². The van der Waals surface area contributed by atoms with Crippen LogP contribution >= 0.6 is 0 Å². The van der Waals surface area contributed by atoms with Crippen LogP contribution in [0.25, 0.3) is 5.65 Å². The summed E-state index contributed by atoms with van der Waals surface area (Å²) >= 11 is 0. The molecule has 1 N–H and O–H groups in total. The van der Waals surface area contributed by atoms with Gasteiger partial charge in [-0.25, -0.2) is 22.5 Å². The van der Waals surface area contributed by atoms with Crippen molar-refractivity contribution in [2.24, 2.45) is 0 Å². The number of alkyl halides is 3. The molecule has 0 atom stereocenters. The van der Waals surface area contributed by atoms with E-state index in [4.69, 9.17) is 0 Å². The maximum Gasteiger partial charge on any atom is 0.417 e. The van der Waals surface area contributed by atoms with Crippen molar-refractivity contribution in [2.75, 3.05) is 0 Å². The molecule has 136 valence electrons. The van der Waals surface area contributed by atoms with Crippen molar-refractivity contribution in [3.63, 3.8) is 0 Å². The molecule has 0 saturated heterocycles. The number of carbonyl (C=O) groups is 1. The largest absolute Gasteiger partial charge is 0.417 e. The molecule has 1 aromatic carbocycles. The van der Waals surface area contributed by atoms with Crippen LogP contribution in [0.15, 0.2) is 53.7 Å². The number of carbonyl (C=O) groups excluding carboxylic acids is 1. The van der Waals surface area contributed by atoms with Gasteiger partial charge in [-0.3, -0.25) is 4.79 Å². The minimum atomic E-state index is -4.79. The maximum atomic E-state index is 13.8. The number of pyridine rings is 1. The standard InChI is InChI=1S/C15H9F4N3O3S/c16-11-6-9(15(17,18)19)7-22-8-12(20-13(11)22)14(23)21-26(24,25)10-4-2-1-3-5-10/h1-8H,(H,21,23). The lowest BCUT2D eigenvalue weighted by Crippen LogP contribution is -2.30. The van der Waals surface area contributed by atoms with Crippen LogP contribution in [0, 0.1) is 5.82 Å². The van der Waals surface area contributed by atoms with Gasteiger partial charge in [0, 0.05) is 12.4 Å². The number of hydrogen-bond donors (Lipinski definition) is 1. The Morgan fingerprint density at radius 3 is 2.38 bits per heavy atom. The van der Waals surface area contributed by atoms with Crippen LogP contribution in [0.1, 0.15) is 16.1 Å². The molecule has 0 bridgehead atoms. The molecule has 0 fully saturated rings. The molecule has 0 unspecified atom stereocenters. The molecule has 0 radical (unpaired) electrons. The van der Waals surface area contributed by atoms with E-state index in [0.29, 0.717) is 10.6 Å². The van der Waals surface area contributed by atoms with Crippen molar-refractivity contribution >= 4 is 21.6 Å². The fourth-order valence-electron chi connectivity index (χ4n) is 2.15. The van der Waals surface area contributed by atoms with E-state index in [1.807, 2.05) is 0 Å². The third kappa shape index (κ3) is 3.38. The second-order valence-electron chi connectivity index (χ2n) is 5.18.